The molecule has 0 aliphatic carbocycles. The Labute approximate surface area is 113 Å². The number of rotatable bonds is 2. The van der Waals surface area contributed by atoms with Crippen LogP contribution in [0.15, 0.2) is 29.8 Å². The first kappa shape index (κ1) is 13.2. The molecule has 98 valence electrons. The highest BCUT2D eigenvalue weighted by atomic mass is 16.1. The van der Waals surface area contributed by atoms with E-state index in [1.807, 2.05) is 24.3 Å². The van der Waals surface area contributed by atoms with Crippen LogP contribution in [0.4, 0.5) is 5.69 Å². The molecule has 4 nitrogen and oxygen atoms in total. The number of carbonyl (C=O) groups excluding carboxylic acids is 1. The van der Waals surface area contributed by atoms with Gasteiger partial charge in [-0.1, -0.05) is 17.7 Å². The van der Waals surface area contributed by atoms with Gasteiger partial charge in [0.05, 0.1) is 6.54 Å². The summed E-state index contributed by atoms with van der Waals surface area (Å²) in [4.78, 5) is 12.7. The van der Waals surface area contributed by atoms with E-state index < -0.39 is 0 Å². The first-order valence-corrected chi connectivity index (χ1v) is 6.31. The molecule has 0 bridgehead atoms. The summed E-state index contributed by atoms with van der Waals surface area (Å²) in [7, 11) is 0. The van der Waals surface area contributed by atoms with Crippen molar-refractivity contribution in [1.82, 2.24) is 4.90 Å². The molecule has 1 heterocycles. The minimum Gasteiger partial charge on any atom is -0.326 e. The molecule has 1 aliphatic rings. The predicted molar refractivity (Wildman–Crippen MR) is 75.1 cm³/mol. The van der Waals surface area contributed by atoms with E-state index in [-0.39, 0.29) is 5.91 Å². The molecular weight excluding hydrogens is 238 g/mol. The van der Waals surface area contributed by atoms with Crippen molar-refractivity contribution in [2.24, 2.45) is 0 Å². The van der Waals surface area contributed by atoms with Crippen molar-refractivity contribution < 1.29 is 4.79 Å². The Bertz CT molecular complexity index is 552. The van der Waals surface area contributed by atoms with Gasteiger partial charge in [-0.15, -0.1) is 0 Å². The molecule has 0 unspecified atom stereocenters. The van der Waals surface area contributed by atoms with Crippen LogP contribution in [-0.4, -0.2) is 23.9 Å². The van der Waals surface area contributed by atoms with Crippen molar-refractivity contribution >= 4 is 17.2 Å². The standard InChI is InChI=1S/C15H17N3O/c1-11-7-8-18(10-16)9-15(11)13-3-5-14(6-4-13)17-12(2)19/h3-6H,7-9H2,1-2H3,(H,17,19). The number of benzene rings is 1. The number of anilines is 1. The second-order valence-corrected chi connectivity index (χ2v) is 4.79. The number of nitrogens with zero attached hydrogens (tertiary/aromatic N) is 2. The van der Waals surface area contributed by atoms with Crippen LogP contribution in [0.1, 0.15) is 25.8 Å². The molecule has 0 aromatic heterocycles. The van der Waals surface area contributed by atoms with Crippen LogP contribution in [0.3, 0.4) is 0 Å². The van der Waals surface area contributed by atoms with Crippen LogP contribution in [0.25, 0.3) is 5.57 Å². The minimum atomic E-state index is -0.0727. The number of amides is 1. The number of nitrogens with one attached hydrogen (secondary N) is 1. The van der Waals surface area contributed by atoms with E-state index in [1.54, 1.807) is 4.90 Å². The smallest absolute Gasteiger partial charge is 0.221 e. The Morgan fingerprint density at radius 1 is 1.37 bits per heavy atom. The predicted octanol–water partition coefficient (Wildman–Crippen LogP) is 2.61. The molecule has 0 saturated carbocycles. The maximum Gasteiger partial charge on any atom is 0.221 e. The summed E-state index contributed by atoms with van der Waals surface area (Å²) in [5, 5.41) is 11.7. The Kier molecular flexibility index (Phi) is 3.86. The van der Waals surface area contributed by atoms with Crippen molar-refractivity contribution in [2.45, 2.75) is 20.3 Å². The number of hydrogen-bond donors (Lipinski definition) is 1. The largest absolute Gasteiger partial charge is 0.326 e. The second kappa shape index (κ2) is 5.57. The second-order valence-electron chi connectivity index (χ2n) is 4.79. The fraction of sp³-hybridized carbons (Fsp3) is 0.333. The average Bonchev–Trinajstić information content (AvgIpc) is 2.40. The zero-order chi connectivity index (χ0) is 13.8. The highest BCUT2D eigenvalue weighted by Crippen LogP contribution is 2.26. The molecule has 1 amide bonds. The lowest BCUT2D eigenvalue weighted by molar-refractivity contribution is -0.114. The van der Waals surface area contributed by atoms with Crippen LogP contribution in [0.2, 0.25) is 0 Å². The van der Waals surface area contributed by atoms with E-state index in [0.717, 1.165) is 24.2 Å². The van der Waals surface area contributed by atoms with Gasteiger partial charge in [-0.2, -0.15) is 5.26 Å². The normalized spacial score (nSPS) is 15.1. The molecule has 0 saturated heterocycles. The quantitative estimate of drug-likeness (QED) is 0.826. The number of hydrogen-bond acceptors (Lipinski definition) is 3. The Hall–Kier alpha value is -2.28. The third-order valence-electron chi connectivity index (χ3n) is 3.32. The van der Waals surface area contributed by atoms with Gasteiger partial charge in [-0.05, 0) is 36.6 Å². The van der Waals surface area contributed by atoms with E-state index in [0.29, 0.717) is 6.54 Å². The van der Waals surface area contributed by atoms with Crippen molar-refractivity contribution in [2.75, 3.05) is 18.4 Å². The van der Waals surface area contributed by atoms with E-state index in [4.69, 9.17) is 5.26 Å². The van der Waals surface area contributed by atoms with Crippen LogP contribution < -0.4 is 5.32 Å². The molecule has 1 aromatic rings. The fourth-order valence-corrected chi connectivity index (χ4v) is 2.24. The van der Waals surface area contributed by atoms with Crippen LogP contribution in [0, 0.1) is 11.5 Å². The van der Waals surface area contributed by atoms with Gasteiger partial charge in [0.25, 0.3) is 0 Å². The summed E-state index contributed by atoms with van der Waals surface area (Å²) in [6.07, 6.45) is 3.13. The van der Waals surface area contributed by atoms with Crippen molar-refractivity contribution in [3.63, 3.8) is 0 Å². The lowest BCUT2D eigenvalue weighted by Gasteiger charge is -2.25. The molecule has 19 heavy (non-hydrogen) atoms. The molecule has 1 N–H and O–H groups in total. The van der Waals surface area contributed by atoms with Gasteiger partial charge in [-0.3, -0.25) is 4.79 Å². The SMILES string of the molecule is CC(=O)Nc1ccc(C2=C(C)CCN(C#N)C2)cc1. The monoisotopic (exact) mass is 255 g/mol. The molecule has 2 rings (SSSR count). The summed E-state index contributed by atoms with van der Waals surface area (Å²) in [6, 6.07) is 7.76. The van der Waals surface area contributed by atoms with Crippen LogP contribution in [0.5, 0.6) is 0 Å². The minimum absolute atomic E-state index is 0.0727. The van der Waals surface area contributed by atoms with Gasteiger partial charge < -0.3 is 10.2 Å². The lowest BCUT2D eigenvalue weighted by atomic mass is 9.95. The molecule has 1 aromatic carbocycles. The van der Waals surface area contributed by atoms with Gasteiger partial charge in [0, 0.05) is 19.2 Å². The highest BCUT2D eigenvalue weighted by molar-refractivity contribution is 5.88. The summed E-state index contributed by atoms with van der Waals surface area (Å²) in [5.74, 6) is -0.0727. The first-order chi connectivity index (χ1) is 9.10. The van der Waals surface area contributed by atoms with Gasteiger partial charge in [0.2, 0.25) is 5.91 Å². The van der Waals surface area contributed by atoms with E-state index in [9.17, 15) is 4.79 Å². The summed E-state index contributed by atoms with van der Waals surface area (Å²) >= 11 is 0. The average molecular weight is 255 g/mol. The van der Waals surface area contributed by atoms with E-state index >= 15 is 0 Å². The van der Waals surface area contributed by atoms with Crippen molar-refractivity contribution in [3.8, 4) is 6.19 Å². The van der Waals surface area contributed by atoms with Gasteiger partial charge in [0.15, 0.2) is 6.19 Å². The molecule has 0 fully saturated rings. The van der Waals surface area contributed by atoms with Gasteiger partial charge in [-0.25, -0.2) is 0 Å². The Morgan fingerprint density at radius 2 is 2.05 bits per heavy atom. The third kappa shape index (κ3) is 3.14. The molecule has 0 radical (unpaired) electrons. The Morgan fingerprint density at radius 3 is 2.63 bits per heavy atom. The zero-order valence-corrected chi connectivity index (χ0v) is 11.2. The van der Waals surface area contributed by atoms with Crippen LogP contribution >= 0.6 is 0 Å². The zero-order valence-electron chi connectivity index (χ0n) is 11.2. The highest BCUT2D eigenvalue weighted by Gasteiger charge is 2.16. The maximum atomic E-state index is 11.0. The summed E-state index contributed by atoms with van der Waals surface area (Å²) < 4.78 is 0. The summed E-state index contributed by atoms with van der Waals surface area (Å²) in [6.45, 7) is 5.08. The molecule has 1 aliphatic heterocycles. The molecule has 0 atom stereocenters. The maximum absolute atomic E-state index is 11.0. The van der Waals surface area contributed by atoms with Crippen molar-refractivity contribution in [3.05, 3.63) is 35.4 Å². The molecular formula is C15H17N3O. The van der Waals surface area contributed by atoms with Gasteiger partial charge >= 0.3 is 0 Å². The topological polar surface area (TPSA) is 56.1 Å². The van der Waals surface area contributed by atoms with Crippen LogP contribution in [-0.2, 0) is 4.79 Å². The van der Waals surface area contributed by atoms with Gasteiger partial charge in [0.1, 0.15) is 0 Å². The fourth-order valence-electron chi connectivity index (χ4n) is 2.24. The third-order valence-corrected chi connectivity index (χ3v) is 3.32. The summed E-state index contributed by atoms with van der Waals surface area (Å²) in [5.41, 5.74) is 4.45. The lowest BCUT2D eigenvalue weighted by Crippen LogP contribution is -2.26. The number of carbonyl (C=O) groups is 1. The molecule has 0 spiro atoms. The van der Waals surface area contributed by atoms with Crippen molar-refractivity contribution in [1.29, 1.82) is 5.26 Å². The Balaban J connectivity index is 2.22. The molecule has 4 heteroatoms. The number of nitriles is 1. The van der Waals surface area contributed by atoms with E-state index in [1.165, 1.54) is 18.1 Å². The first-order valence-electron chi connectivity index (χ1n) is 6.31. The van der Waals surface area contributed by atoms with E-state index in [2.05, 4.69) is 18.4 Å².